The zero-order chi connectivity index (χ0) is 19.0. The molecule has 2 aromatic carbocycles. The van der Waals surface area contributed by atoms with Gasteiger partial charge < -0.3 is 4.74 Å². The number of aliphatic imine (C=N–C) groups is 1. The number of hydrogen-bond donors (Lipinski definition) is 0. The monoisotopic (exact) mass is 369 g/mol. The molecule has 0 aliphatic carbocycles. The highest BCUT2D eigenvalue weighted by Crippen LogP contribution is 2.25. The van der Waals surface area contributed by atoms with E-state index in [1.54, 1.807) is 18.0 Å². The smallest absolute Gasteiger partial charge is 0.335 e. The number of rotatable bonds is 7. The van der Waals surface area contributed by atoms with Crippen molar-refractivity contribution in [3.8, 4) is 0 Å². The molecule has 1 atom stereocenters. The minimum atomic E-state index is -0.928. The van der Waals surface area contributed by atoms with Crippen molar-refractivity contribution in [3.05, 3.63) is 71.8 Å². The molecule has 0 unspecified atom stereocenters. The number of carbonyl (C=O) groups is 1. The fourth-order valence-electron chi connectivity index (χ4n) is 2.23. The molecule has 2 aromatic rings. The molecule has 3 nitrogen and oxygen atoms in total. The van der Waals surface area contributed by atoms with Crippen LogP contribution in [0.1, 0.15) is 38.8 Å². The Labute approximate surface area is 160 Å². The van der Waals surface area contributed by atoms with Crippen LogP contribution >= 0.6 is 11.8 Å². The van der Waals surface area contributed by atoms with Gasteiger partial charge in [-0.25, -0.2) is 4.79 Å². The van der Waals surface area contributed by atoms with E-state index in [0.29, 0.717) is 5.75 Å². The van der Waals surface area contributed by atoms with Crippen LogP contribution in [-0.4, -0.2) is 29.1 Å². The van der Waals surface area contributed by atoms with E-state index in [9.17, 15) is 4.79 Å². The second kappa shape index (κ2) is 9.04. The molecule has 0 bridgehead atoms. The Kier molecular flexibility index (Phi) is 7.04. The van der Waals surface area contributed by atoms with Crippen LogP contribution in [0.25, 0.3) is 0 Å². The zero-order valence-electron chi connectivity index (χ0n) is 15.9. The van der Waals surface area contributed by atoms with E-state index < -0.39 is 11.1 Å². The molecule has 4 heteroatoms. The number of hydrogen-bond acceptors (Lipinski definition) is 4. The molecular weight excluding hydrogens is 342 g/mol. The summed E-state index contributed by atoms with van der Waals surface area (Å²) in [6.07, 6.45) is 1.76. The largest absolute Gasteiger partial charge is 0.458 e. The Balaban J connectivity index is 2.11. The van der Waals surface area contributed by atoms with Crippen molar-refractivity contribution in [1.29, 1.82) is 0 Å². The lowest BCUT2D eigenvalue weighted by molar-refractivity contribution is -0.159. The summed E-state index contributed by atoms with van der Waals surface area (Å²) in [7, 11) is 0. The number of ether oxygens (including phenoxy) is 1. The fourth-order valence-corrected chi connectivity index (χ4v) is 3.35. The van der Waals surface area contributed by atoms with E-state index >= 15 is 0 Å². The quantitative estimate of drug-likeness (QED) is 0.501. The van der Waals surface area contributed by atoms with Crippen LogP contribution in [0.2, 0.25) is 0 Å². The van der Waals surface area contributed by atoms with E-state index in [0.717, 1.165) is 11.3 Å². The topological polar surface area (TPSA) is 38.7 Å². The van der Waals surface area contributed by atoms with E-state index in [-0.39, 0.29) is 5.97 Å². The predicted molar refractivity (Wildman–Crippen MR) is 111 cm³/mol. The van der Waals surface area contributed by atoms with Crippen molar-refractivity contribution in [2.24, 2.45) is 4.99 Å². The molecule has 0 radical (unpaired) electrons. The number of nitrogens with zero attached hydrogens (tertiary/aromatic N) is 1. The molecule has 0 N–H and O–H groups in total. The van der Waals surface area contributed by atoms with Gasteiger partial charge in [0.1, 0.15) is 5.60 Å². The summed E-state index contributed by atoms with van der Waals surface area (Å²) >= 11 is 1.69. The number of carbonyl (C=O) groups excluding carboxylic acids is 1. The third kappa shape index (κ3) is 6.68. The molecule has 138 valence electrons. The van der Waals surface area contributed by atoms with Crippen LogP contribution in [0.5, 0.6) is 0 Å². The van der Waals surface area contributed by atoms with Crippen molar-refractivity contribution in [2.75, 3.05) is 5.75 Å². The van der Waals surface area contributed by atoms with Crippen LogP contribution < -0.4 is 0 Å². The number of thioether (sulfide) groups is 1. The van der Waals surface area contributed by atoms with Gasteiger partial charge in [0.25, 0.3) is 0 Å². The molecule has 2 rings (SSSR count). The molecule has 0 fully saturated rings. The molecule has 0 heterocycles. The highest BCUT2D eigenvalue weighted by atomic mass is 32.2. The van der Waals surface area contributed by atoms with Gasteiger partial charge in [-0.05, 0) is 38.8 Å². The average molecular weight is 370 g/mol. The lowest BCUT2D eigenvalue weighted by Crippen LogP contribution is -2.42. The van der Waals surface area contributed by atoms with Crippen molar-refractivity contribution in [3.63, 3.8) is 0 Å². The van der Waals surface area contributed by atoms with Crippen LogP contribution in [0.15, 0.2) is 65.7 Å². The molecular formula is C22H27NO2S. The lowest BCUT2D eigenvalue weighted by Gasteiger charge is -2.28. The van der Waals surface area contributed by atoms with Crippen LogP contribution in [-0.2, 0) is 15.3 Å². The van der Waals surface area contributed by atoms with Crippen molar-refractivity contribution in [2.45, 2.75) is 44.6 Å². The first-order valence-corrected chi connectivity index (χ1v) is 9.89. The van der Waals surface area contributed by atoms with Gasteiger partial charge in [0, 0.05) is 17.7 Å². The minimum absolute atomic E-state index is 0.294. The van der Waals surface area contributed by atoms with Crippen LogP contribution in [0, 0.1) is 0 Å². The summed E-state index contributed by atoms with van der Waals surface area (Å²) in [4.78, 5) is 17.4. The van der Waals surface area contributed by atoms with Gasteiger partial charge >= 0.3 is 5.97 Å². The van der Waals surface area contributed by atoms with Gasteiger partial charge in [-0.1, -0.05) is 60.7 Å². The summed E-state index contributed by atoms with van der Waals surface area (Å²) < 4.78 is 5.63. The molecule has 0 aromatic heterocycles. The Hall–Kier alpha value is -2.07. The number of benzene rings is 2. The molecule has 0 aliphatic heterocycles. The maximum atomic E-state index is 12.8. The van der Waals surface area contributed by atoms with Crippen LogP contribution in [0.4, 0.5) is 0 Å². The van der Waals surface area contributed by atoms with Gasteiger partial charge in [-0.15, -0.1) is 0 Å². The van der Waals surface area contributed by atoms with E-state index in [1.165, 1.54) is 5.56 Å². The molecule has 0 amide bonds. The highest BCUT2D eigenvalue weighted by molar-refractivity contribution is 7.98. The summed E-state index contributed by atoms with van der Waals surface area (Å²) in [5, 5.41) is 0. The third-order valence-corrected chi connectivity index (χ3v) is 4.94. The maximum Gasteiger partial charge on any atom is 0.335 e. The van der Waals surface area contributed by atoms with E-state index in [1.807, 2.05) is 76.2 Å². The first-order chi connectivity index (χ1) is 12.3. The molecule has 26 heavy (non-hydrogen) atoms. The second-order valence-corrected chi connectivity index (χ2v) is 8.41. The van der Waals surface area contributed by atoms with Gasteiger partial charge in [0.15, 0.2) is 5.54 Å². The predicted octanol–water partition coefficient (Wildman–Crippen LogP) is 5.14. The van der Waals surface area contributed by atoms with Gasteiger partial charge in [-0.3, -0.25) is 4.99 Å². The summed E-state index contributed by atoms with van der Waals surface area (Å²) in [6.45, 7) is 7.48. The van der Waals surface area contributed by atoms with E-state index in [2.05, 4.69) is 17.1 Å². The number of esters is 1. The summed E-state index contributed by atoms with van der Waals surface area (Å²) in [5.41, 5.74) is 0.735. The van der Waals surface area contributed by atoms with Crippen LogP contribution in [0.3, 0.4) is 0 Å². The maximum absolute atomic E-state index is 12.8. The minimum Gasteiger partial charge on any atom is -0.458 e. The van der Waals surface area contributed by atoms with Gasteiger partial charge in [0.2, 0.25) is 0 Å². The third-order valence-electron chi connectivity index (χ3n) is 3.63. The first-order valence-electron chi connectivity index (χ1n) is 8.74. The molecule has 0 aliphatic rings. The SMILES string of the molecule is CC(C)(C)OC(=O)[C@@](C)(CSCc1ccccc1)/N=C/c1ccccc1. The fraction of sp³-hybridized carbons (Fsp3) is 0.364. The van der Waals surface area contributed by atoms with Gasteiger partial charge in [-0.2, -0.15) is 11.8 Å². The normalized spacial score (nSPS) is 14.2. The van der Waals surface area contributed by atoms with Crippen molar-refractivity contribution >= 4 is 23.9 Å². The standard InChI is InChI=1S/C22H27NO2S/c1-21(2,3)25-20(24)22(4,23-15-18-11-7-5-8-12-18)17-26-16-19-13-9-6-10-14-19/h5-15H,16-17H2,1-4H3/b23-15+/t22-/m1/s1. The summed E-state index contributed by atoms with van der Waals surface area (Å²) in [5.74, 6) is 1.10. The Morgan fingerprint density at radius 2 is 1.58 bits per heavy atom. The first kappa shape index (κ1) is 20.2. The van der Waals surface area contributed by atoms with Gasteiger partial charge in [0.05, 0.1) is 0 Å². The Morgan fingerprint density at radius 3 is 2.15 bits per heavy atom. The lowest BCUT2D eigenvalue weighted by atomic mass is 10.1. The molecule has 0 spiro atoms. The Morgan fingerprint density at radius 1 is 1.00 bits per heavy atom. The molecule has 0 saturated carbocycles. The van der Waals surface area contributed by atoms with E-state index in [4.69, 9.17) is 4.74 Å². The van der Waals surface area contributed by atoms with Crippen molar-refractivity contribution < 1.29 is 9.53 Å². The summed E-state index contributed by atoms with van der Waals surface area (Å²) in [6, 6.07) is 20.0. The highest BCUT2D eigenvalue weighted by Gasteiger charge is 2.36. The molecule has 0 saturated heterocycles. The second-order valence-electron chi connectivity index (χ2n) is 7.42. The Bertz CT molecular complexity index is 723. The van der Waals surface area contributed by atoms with Crippen molar-refractivity contribution in [1.82, 2.24) is 0 Å². The zero-order valence-corrected chi connectivity index (χ0v) is 16.8. The average Bonchev–Trinajstić information content (AvgIpc) is 2.60.